The van der Waals surface area contributed by atoms with E-state index >= 15 is 0 Å². The van der Waals surface area contributed by atoms with Gasteiger partial charge in [0.25, 0.3) is 0 Å². The molecule has 0 saturated carbocycles. The molecule has 0 fully saturated rings. The van der Waals surface area contributed by atoms with Crippen LogP contribution in [-0.4, -0.2) is 12.0 Å². The Morgan fingerprint density at radius 3 is 2.12 bits per heavy atom. The number of alkyl halides is 5. The quantitative estimate of drug-likeness (QED) is 0.279. The normalized spacial score (nSPS) is 12.5. The van der Waals surface area contributed by atoms with Gasteiger partial charge in [0.2, 0.25) is 0 Å². The minimum absolute atomic E-state index is 0.0177. The number of benzene rings is 1. The molecule has 0 spiro atoms. The molecule has 1 rings (SSSR count). The number of halogens is 5. The number of carbonyl (C=O) groups is 1. The van der Waals surface area contributed by atoms with Crippen molar-refractivity contribution in [3.8, 4) is 0 Å². The highest BCUT2D eigenvalue weighted by molar-refractivity contribution is 5.97. The maximum absolute atomic E-state index is 13.7. The Kier molecular flexibility index (Phi) is 7.36. The van der Waals surface area contributed by atoms with E-state index < -0.39 is 29.0 Å². The summed E-state index contributed by atoms with van der Waals surface area (Å²) in [5.41, 5.74) is -1.52. The maximum atomic E-state index is 13.7. The zero-order valence-electron chi connectivity index (χ0n) is 14.0. The highest BCUT2D eigenvalue weighted by Gasteiger charge is 2.59. The van der Waals surface area contributed by atoms with E-state index in [1.807, 2.05) is 0 Å². The van der Waals surface area contributed by atoms with E-state index in [2.05, 4.69) is 6.92 Å². The van der Waals surface area contributed by atoms with Gasteiger partial charge in [0.05, 0.1) is 0 Å². The van der Waals surface area contributed by atoms with E-state index in [9.17, 15) is 26.7 Å². The average molecular weight is 350 g/mol. The van der Waals surface area contributed by atoms with Crippen LogP contribution >= 0.6 is 0 Å². The molecule has 1 aromatic rings. The van der Waals surface area contributed by atoms with Crippen molar-refractivity contribution in [3.05, 3.63) is 34.9 Å². The van der Waals surface area contributed by atoms with Gasteiger partial charge in [-0.3, -0.25) is 4.79 Å². The fourth-order valence-corrected chi connectivity index (χ4v) is 2.51. The third-order valence-corrected chi connectivity index (χ3v) is 3.93. The first kappa shape index (κ1) is 20.6. The first-order chi connectivity index (χ1) is 11.1. The number of carbonyl (C=O) groups excluding carboxylic acids is 1. The van der Waals surface area contributed by atoms with E-state index in [-0.39, 0.29) is 12.0 Å². The molecule has 0 heterocycles. The number of rotatable bonds is 9. The molecule has 0 aliphatic heterocycles. The van der Waals surface area contributed by atoms with E-state index in [0.29, 0.717) is 6.42 Å². The third kappa shape index (κ3) is 5.28. The summed E-state index contributed by atoms with van der Waals surface area (Å²) in [5.74, 6) is -5.70. The second-order valence-corrected chi connectivity index (χ2v) is 6.06. The van der Waals surface area contributed by atoms with Crippen LogP contribution in [0.4, 0.5) is 22.0 Å². The summed E-state index contributed by atoms with van der Waals surface area (Å²) in [7, 11) is 0. The van der Waals surface area contributed by atoms with Crippen molar-refractivity contribution >= 4 is 5.78 Å². The van der Waals surface area contributed by atoms with Gasteiger partial charge < -0.3 is 0 Å². The average Bonchev–Trinajstić information content (AvgIpc) is 2.49. The first-order valence-electron chi connectivity index (χ1n) is 8.20. The van der Waals surface area contributed by atoms with Crippen LogP contribution in [0.3, 0.4) is 0 Å². The Labute approximate surface area is 139 Å². The topological polar surface area (TPSA) is 17.1 Å². The molecule has 0 N–H and O–H groups in total. The first-order valence-corrected chi connectivity index (χ1v) is 8.20. The molecular formula is C18H23F5O. The lowest BCUT2D eigenvalue weighted by atomic mass is 9.93. The van der Waals surface area contributed by atoms with Crippen LogP contribution in [0, 0.1) is 6.92 Å². The lowest BCUT2D eigenvalue weighted by molar-refractivity contribution is -0.289. The van der Waals surface area contributed by atoms with E-state index in [1.54, 1.807) is 0 Å². The van der Waals surface area contributed by atoms with Crippen LogP contribution < -0.4 is 0 Å². The van der Waals surface area contributed by atoms with Crippen molar-refractivity contribution < 1.29 is 26.7 Å². The van der Waals surface area contributed by atoms with Gasteiger partial charge in [-0.2, -0.15) is 22.0 Å². The van der Waals surface area contributed by atoms with Crippen molar-refractivity contribution in [2.45, 2.75) is 70.9 Å². The molecule has 24 heavy (non-hydrogen) atoms. The molecule has 0 aromatic heterocycles. The van der Waals surface area contributed by atoms with Crippen LogP contribution in [0.5, 0.6) is 0 Å². The summed E-state index contributed by atoms with van der Waals surface area (Å²) in [6.45, 7) is 3.49. The van der Waals surface area contributed by atoms with Crippen molar-refractivity contribution in [1.82, 2.24) is 0 Å². The molecule has 0 bridgehead atoms. The van der Waals surface area contributed by atoms with Crippen molar-refractivity contribution in [2.75, 3.05) is 0 Å². The number of ketones is 1. The monoisotopic (exact) mass is 350 g/mol. The van der Waals surface area contributed by atoms with Gasteiger partial charge in [-0.05, 0) is 19.4 Å². The molecule has 0 aliphatic carbocycles. The Morgan fingerprint density at radius 2 is 1.54 bits per heavy atom. The fourth-order valence-electron chi connectivity index (χ4n) is 2.51. The van der Waals surface area contributed by atoms with Crippen LogP contribution in [0.25, 0.3) is 0 Å². The maximum Gasteiger partial charge on any atom is 0.458 e. The summed E-state index contributed by atoms with van der Waals surface area (Å²) >= 11 is 0. The predicted molar refractivity (Wildman–Crippen MR) is 83.5 cm³/mol. The Balaban J connectivity index is 2.86. The van der Waals surface area contributed by atoms with Gasteiger partial charge >= 0.3 is 12.1 Å². The lowest BCUT2D eigenvalue weighted by Gasteiger charge is -2.22. The SMILES string of the molecule is CCCCCCCCC(=O)c1ccc(C)cc1C(F)(F)C(F)(F)F. The lowest BCUT2D eigenvalue weighted by Crippen LogP contribution is -2.35. The molecule has 0 atom stereocenters. The summed E-state index contributed by atoms with van der Waals surface area (Å²) in [6, 6.07) is 3.20. The zero-order chi connectivity index (χ0) is 18.4. The third-order valence-electron chi connectivity index (χ3n) is 3.93. The standard InChI is InChI=1S/C18H23F5O/c1-3-4-5-6-7-8-9-16(24)14-11-10-13(2)12-15(14)17(19,20)18(21,22)23/h10-12H,3-9H2,1-2H3. The summed E-state index contributed by atoms with van der Waals surface area (Å²) in [5, 5.41) is 0. The van der Waals surface area contributed by atoms with Crippen LogP contribution in [0.15, 0.2) is 18.2 Å². The van der Waals surface area contributed by atoms with Crippen molar-refractivity contribution in [2.24, 2.45) is 0 Å². The Hall–Kier alpha value is -1.46. The summed E-state index contributed by atoms with van der Waals surface area (Å²) in [4.78, 5) is 12.1. The van der Waals surface area contributed by atoms with Gasteiger partial charge in [0.15, 0.2) is 5.78 Å². The van der Waals surface area contributed by atoms with Gasteiger partial charge in [-0.25, -0.2) is 0 Å². The molecule has 0 radical (unpaired) electrons. The van der Waals surface area contributed by atoms with E-state index in [4.69, 9.17) is 0 Å². The Bertz CT molecular complexity index is 549. The minimum atomic E-state index is -5.73. The molecule has 0 aliphatic rings. The molecule has 136 valence electrons. The largest absolute Gasteiger partial charge is 0.458 e. The van der Waals surface area contributed by atoms with E-state index in [1.165, 1.54) is 13.0 Å². The second kappa shape index (κ2) is 8.58. The highest BCUT2D eigenvalue weighted by atomic mass is 19.4. The van der Waals surface area contributed by atoms with Crippen molar-refractivity contribution in [1.29, 1.82) is 0 Å². The van der Waals surface area contributed by atoms with Gasteiger partial charge in [-0.1, -0.05) is 56.7 Å². The highest BCUT2D eigenvalue weighted by Crippen LogP contribution is 2.45. The van der Waals surface area contributed by atoms with Crippen molar-refractivity contribution in [3.63, 3.8) is 0 Å². The van der Waals surface area contributed by atoms with Crippen LogP contribution in [-0.2, 0) is 5.92 Å². The number of hydrogen-bond donors (Lipinski definition) is 0. The number of aryl methyl sites for hydroxylation is 1. The second-order valence-electron chi connectivity index (χ2n) is 6.06. The molecule has 1 nitrogen and oxygen atoms in total. The van der Waals surface area contributed by atoms with Crippen LogP contribution in [0.2, 0.25) is 0 Å². The smallest absolute Gasteiger partial charge is 0.294 e. The predicted octanol–water partition coefficient (Wildman–Crippen LogP) is 6.58. The molecular weight excluding hydrogens is 327 g/mol. The van der Waals surface area contributed by atoms with E-state index in [0.717, 1.165) is 44.2 Å². The zero-order valence-corrected chi connectivity index (χ0v) is 14.0. The molecule has 1 aromatic carbocycles. The van der Waals surface area contributed by atoms with Gasteiger partial charge in [0, 0.05) is 17.5 Å². The number of hydrogen-bond acceptors (Lipinski definition) is 1. The van der Waals surface area contributed by atoms with Gasteiger partial charge in [-0.15, -0.1) is 0 Å². The fraction of sp³-hybridized carbons (Fsp3) is 0.611. The summed E-state index contributed by atoms with van der Waals surface area (Å²) < 4.78 is 65.4. The minimum Gasteiger partial charge on any atom is -0.294 e. The Morgan fingerprint density at radius 1 is 0.958 bits per heavy atom. The number of unbranched alkanes of at least 4 members (excludes halogenated alkanes) is 5. The van der Waals surface area contributed by atoms with Crippen LogP contribution in [0.1, 0.15) is 73.4 Å². The van der Waals surface area contributed by atoms with Gasteiger partial charge in [0.1, 0.15) is 0 Å². The summed E-state index contributed by atoms with van der Waals surface area (Å²) in [6.07, 6.45) is -0.346. The number of Topliss-reactive ketones (excluding diaryl/α,β-unsaturated/α-hetero) is 1. The molecule has 6 heteroatoms. The molecule has 0 saturated heterocycles. The molecule has 0 unspecified atom stereocenters. The molecule has 0 amide bonds.